The molecule has 0 unspecified atom stereocenters. The predicted octanol–water partition coefficient (Wildman–Crippen LogP) is 6.50. The minimum Gasteiger partial charge on any atom is -0.505 e. The molecule has 38 heavy (non-hydrogen) atoms. The van der Waals surface area contributed by atoms with Crippen LogP contribution >= 0.6 is 11.8 Å². The van der Waals surface area contributed by atoms with Crippen LogP contribution in [-0.2, 0) is 6.18 Å². The lowest BCUT2D eigenvalue weighted by Gasteiger charge is -2.16. The maximum absolute atomic E-state index is 13.9. The molecule has 0 bridgehead atoms. The van der Waals surface area contributed by atoms with Crippen molar-refractivity contribution in [2.24, 2.45) is 0 Å². The summed E-state index contributed by atoms with van der Waals surface area (Å²) in [5.41, 5.74) is -1.62. The molecule has 0 atom stereocenters. The zero-order valence-electron chi connectivity index (χ0n) is 19.7. The fraction of sp³-hybridized carbons (Fsp3) is 0.0714. The van der Waals surface area contributed by atoms with Gasteiger partial charge in [-0.2, -0.15) is 13.2 Å². The van der Waals surface area contributed by atoms with E-state index in [1.165, 1.54) is 35.9 Å². The Bertz CT molecular complexity index is 1780. The molecule has 0 aliphatic carbocycles. The number of alkyl halides is 3. The van der Waals surface area contributed by atoms with Crippen LogP contribution in [0.5, 0.6) is 11.5 Å². The molecule has 5 aromatic rings. The van der Waals surface area contributed by atoms with Gasteiger partial charge in [-0.15, -0.1) is 0 Å². The van der Waals surface area contributed by atoms with E-state index < -0.39 is 33.6 Å². The first kappa shape index (κ1) is 25.2. The molecule has 0 fully saturated rings. The molecule has 10 heteroatoms. The highest BCUT2D eigenvalue weighted by molar-refractivity contribution is 7.99. The molecular weight excluding hydrogens is 519 g/mol. The monoisotopic (exact) mass is 537 g/mol. The van der Waals surface area contributed by atoms with Gasteiger partial charge in [0, 0.05) is 17.0 Å². The van der Waals surface area contributed by atoms with Crippen molar-refractivity contribution in [1.29, 1.82) is 0 Å². The number of nitrogens with zero attached hydrogens (tertiary/aromatic N) is 1. The smallest absolute Gasteiger partial charge is 0.417 e. The molecule has 0 saturated heterocycles. The van der Waals surface area contributed by atoms with Gasteiger partial charge in [0.05, 0.1) is 24.1 Å². The predicted molar refractivity (Wildman–Crippen MR) is 137 cm³/mol. The molecule has 0 spiro atoms. The van der Waals surface area contributed by atoms with Crippen molar-refractivity contribution >= 4 is 22.7 Å². The van der Waals surface area contributed by atoms with Gasteiger partial charge in [0.15, 0.2) is 5.75 Å². The van der Waals surface area contributed by atoms with Crippen LogP contribution in [0.4, 0.5) is 13.2 Å². The van der Waals surface area contributed by atoms with Gasteiger partial charge in [-0.1, -0.05) is 60.3 Å². The zero-order chi connectivity index (χ0) is 27.0. The van der Waals surface area contributed by atoms with Gasteiger partial charge in [-0.3, -0.25) is 9.36 Å². The Morgan fingerprint density at radius 3 is 2.34 bits per heavy atom. The average molecular weight is 538 g/mol. The third kappa shape index (κ3) is 4.54. The summed E-state index contributed by atoms with van der Waals surface area (Å²) in [5, 5.41) is 10.8. The highest BCUT2D eigenvalue weighted by atomic mass is 32.2. The summed E-state index contributed by atoms with van der Waals surface area (Å²) in [6.07, 6.45) is -4.69. The Morgan fingerprint density at radius 2 is 1.63 bits per heavy atom. The molecular formula is C28H18F3NO5S. The number of ether oxygens (including phenoxy) is 1. The number of halogens is 3. The average Bonchev–Trinajstić information content (AvgIpc) is 2.90. The van der Waals surface area contributed by atoms with Crippen molar-refractivity contribution in [3.05, 3.63) is 111 Å². The molecule has 6 nitrogen and oxygen atoms in total. The summed E-state index contributed by atoms with van der Waals surface area (Å²) >= 11 is 0.382. The molecule has 2 heterocycles. The molecule has 0 aliphatic heterocycles. The zero-order valence-corrected chi connectivity index (χ0v) is 20.5. The van der Waals surface area contributed by atoms with Gasteiger partial charge < -0.3 is 14.3 Å². The first-order valence-electron chi connectivity index (χ1n) is 11.2. The molecule has 2 aromatic heterocycles. The van der Waals surface area contributed by atoms with Crippen LogP contribution in [0, 0.1) is 0 Å². The quantitative estimate of drug-likeness (QED) is 0.276. The highest BCUT2D eigenvalue weighted by Gasteiger charge is 2.34. The SMILES string of the molecule is COc1cccc(-n2c(-c3ccccc3)cc3oc(=O)c(Sc4ccccc4C(F)(F)F)c(O)c3c2=O)c1. The number of methoxy groups -OCH3 is 1. The molecule has 0 aliphatic rings. The molecule has 0 radical (unpaired) electrons. The standard InChI is InChI=1S/C28H18F3NO5S/c1-36-18-11-7-10-17(14-18)32-20(16-8-3-2-4-9-16)15-21-23(26(32)34)24(33)25(27(35)37-21)38-22-13-6-5-12-19(22)28(29,30)31/h2-15,33H,1H3. The van der Waals surface area contributed by atoms with Crippen LogP contribution in [0.15, 0.2) is 109 Å². The number of rotatable bonds is 5. The summed E-state index contributed by atoms with van der Waals surface area (Å²) in [6, 6.07) is 21.6. The second kappa shape index (κ2) is 9.79. The van der Waals surface area contributed by atoms with Crippen molar-refractivity contribution in [1.82, 2.24) is 4.57 Å². The number of benzene rings is 3. The third-order valence-electron chi connectivity index (χ3n) is 5.80. The Kier molecular flexibility index (Phi) is 6.50. The minimum atomic E-state index is -4.69. The van der Waals surface area contributed by atoms with Crippen LogP contribution in [0.1, 0.15) is 5.56 Å². The molecule has 3 aromatic carbocycles. The number of hydrogen-bond acceptors (Lipinski definition) is 6. The van der Waals surface area contributed by atoms with E-state index in [4.69, 9.17) is 9.15 Å². The summed E-state index contributed by atoms with van der Waals surface area (Å²) in [4.78, 5) is 25.9. The van der Waals surface area contributed by atoms with Crippen LogP contribution in [0.3, 0.4) is 0 Å². The minimum absolute atomic E-state index is 0.205. The highest BCUT2D eigenvalue weighted by Crippen LogP contribution is 2.42. The summed E-state index contributed by atoms with van der Waals surface area (Å²) in [5.74, 6) is -0.295. The lowest BCUT2D eigenvalue weighted by Crippen LogP contribution is -2.21. The maximum Gasteiger partial charge on any atom is 0.417 e. The maximum atomic E-state index is 13.9. The van der Waals surface area contributed by atoms with E-state index in [0.717, 1.165) is 6.07 Å². The third-order valence-corrected chi connectivity index (χ3v) is 6.94. The first-order valence-corrected chi connectivity index (χ1v) is 12.0. The van der Waals surface area contributed by atoms with Gasteiger partial charge in [-0.25, -0.2) is 4.79 Å². The van der Waals surface area contributed by atoms with E-state index in [0.29, 0.717) is 34.5 Å². The first-order chi connectivity index (χ1) is 18.2. The molecule has 1 N–H and O–H groups in total. The largest absolute Gasteiger partial charge is 0.505 e. The van der Waals surface area contributed by atoms with Crippen LogP contribution in [0.2, 0.25) is 0 Å². The Labute approximate surface area is 217 Å². The summed E-state index contributed by atoms with van der Waals surface area (Å²) in [7, 11) is 1.48. The Balaban J connectivity index is 1.80. The normalized spacial score (nSPS) is 11.6. The van der Waals surface area contributed by atoms with Crippen LogP contribution in [0.25, 0.3) is 27.9 Å². The van der Waals surface area contributed by atoms with Gasteiger partial charge in [0.1, 0.15) is 21.6 Å². The number of pyridine rings is 1. The molecule has 5 rings (SSSR count). The second-order valence-corrected chi connectivity index (χ2v) is 9.19. The van der Waals surface area contributed by atoms with E-state index >= 15 is 0 Å². The Hall–Kier alpha value is -4.44. The Morgan fingerprint density at radius 1 is 0.921 bits per heavy atom. The van der Waals surface area contributed by atoms with Crippen molar-refractivity contribution in [2.75, 3.05) is 7.11 Å². The van der Waals surface area contributed by atoms with E-state index in [2.05, 4.69) is 0 Å². The fourth-order valence-corrected chi connectivity index (χ4v) is 5.04. The van der Waals surface area contributed by atoms with Crippen molar-refractivity contribution in [3.63, 3.8) is 0 Å². The van der Waals surface area contributed by atoms with Crippen molar-refractivity contribution in [3.8, 4) is 28.4 Å². The van der Waals surface area contributed by atoms with Gasteiger partial charge in [0.25, 0.3) is 5.56 Å². The van der Waals surface area contributed by atoms with Gasteiger partial charge in [-0.05, 0) is 29.8 Å². The molecule has 192 valence electrons. The second-order valence-electron chi connectivity index (χ2n) is 8.14. The van der Waals surface area contributed by atoms with E-state index in [1.54, 1.807) is 54.6 Å². The molecule has 0 saturated carbocycles. The number of aromatic nitrogens is 1. The number of hydrogen-bond donors (Lipinski definition) is 1. The number of aromatic hydroxyl groups is 1. The number of fused-ring (bicyclic) bond motifs is 1. The van der Waals surface area contributed by atoms with E-state index in [1.807, 2.05) is 0 Å². The van der Waals surface area contributed by atoms with Gasteiger partial charge >= 0.3 is 11.8 Å². The van der Waals surface area contributed by atoms with Crippen molar-refractivity contribution in [2.45, 2.75) is 16.0 Å². The lowest BCUT2D eigenvalue weighted by atomic mass is 10.1. The van der Waals surface area contributed by atoms with Crippen LogP contribution < -0.4 is 15.9 Å². The summed E-state index contributed by atoms with van der Waals surface area (Å²) < 4.78 is 52.6. The lowest BCUT2D eigenvalue weighted by molar-refractivity contribution is -0.139. The van der Waals surface area contributed by atoms with Gasteiger partial charge in [0.2, 0.25) is 0 Å². The topological polar surface area (TPSA) is 81.7 Å². The van der Waals surface area contributed by atoms with E-state index in [-0.39, 0.29) is 15.9 Å². The summed E-state index contributed by atoms with van der Waals surface area (Å²) in [6.45, 7) is 0. The fourth-order valence-electron chi connectivity index (χ4n) is 4.06. The van der Waals surface area contributed by atoms with Crippen molar-refractivity contribution < 1.29 is 27.4 Å². The molecule has 0 amide bonds. The van der Waals surface area contributed by atoms with E-state index in [9.17, 15) is 27.9 Å². The van der Waals surface area contributed by atoms with Crippen LogP contribution in [-0.4, -0.2) is 16.8 Å².